The molecule has 44 heavy (non-hydrogen) atoms. The van der Waals surface area contributed by atoms with Crippen molar-refractivity contribution < 1.29 is 36.0 Å². The maximum absolute atomic E-state index is 14.7. The Morgan fingerprint density at radius 2 is 1.93 bits per heavy atom. The van der Waals surface area contributed by atoms with Crippen molar-refractivity contribution in [3.63, 3.8) is 0 Å². The number of hydrogen-bond donors (Lipinski definition) is 1. The third kappa shape index (κ3) is 5.25. The van der Waals surface area contributed by atoms with E-state index in [0.717, 1.165) is 11.5 Å². The van der Waals surface area contributed by atoms with Crippen molar-refractivity contribution in [2.45, 2.75) is 29.3 Å². The second kappa shape index (κ2) is 10.9. The minimum Gasteiger partial charge on any atom is -0.489 e. The molecule has 10 nitrogen and oxygen atoms in total. The van der Waals surface area contributed by atoms with Crippen LogP contribution in [0, 0.1) is 5.82 Å². The van der Waals surface area contributed by atoms with E-state index in [4.69, 9.17) is 14.5 Å². The molecule has 1 aromatic carbocycles. The highest BCUT2D eigenvalue weighted by molar-refractivity contribution is 7.85. The van der Waals surface area contributed by atoms with Crippen molar-refractivity contribution in [1.82, 2.24) is 20.3 Å². The monoisotopic (exact) mass is 628 g/mol. The number of rotatable bonds is 5. The van der Waals surface area contributed by atoms with Gasteiger partial charge in [0.15, 0.2) is 28.6 Å². The van der Waals surface area contributed by atoms with Crippen molar-refractivity contribution in [2.75, 3.05) is 42.6 Å². The van der Waals surface area contributed by atoms with Gasteiger partial charge in [-0.25, -0.2) is 27.5 Å². The van der Waals surface area contributed by atoms with Crippen LogP contribution in [0.4, 0.5) is 34.9 Å². The largest absolute Gasteiger partial charge is 0.489 e. The van der Waals surface area contributed by atoms with E-state index in [-0.39, 0.29) is 48.9 Å². The minimum absolute atomic E-state index is 0.0228. The van der Waals surface area contributed by atoms with Crippen LogP contribution in [0.3, 0.4) is 0 Å². The van der Waals surface area contributed by atoms with Crippen LogP contribution in [0.25, 0.3) is 10.9 Å². The van der Waals surface area contributed by atoms with E-state index in [1.165, 1.54) is 17.2 Å². The number of nitrogens with zero attached hydrogens (tertiary/aromatic N) is 5. The second-order valence-electron chi connectivity index (χ2n) is 10.6. The number of carbonyl (C=O) groups is 1. The molecule has 6 heterocycles. The minimum atomic E-state index is -2.70. The Kier molecular flexibility index (Phi) is 6.98. The number of alkyl halides is 3. The Balaban J connectivity index is 1.09. The Morgan fingerprint density at radius 3 is 2.75 bits per heavy atom. The van der Waals surface area contributed by atoms with Crippen LogP contribution in [0.1, 0.15) is 22.5 Å². The molecular weight excluding hydrogens is 604 g/mol. The number of halogens is 4. The first-order valence-electron chi connectivity index (χ1n) is 13.7. The number of carbonyl (C=O) groups excluding carboxylic acids is 1. The van der Waals surface area contributed by atoms with Crippen molar-refractivity contribution in [3.05, 3.63) is 65.9 Å². The highest BCUT2D eigenvalue weighted by Crippen LogP contribution is 2.39. The molecule has 7 rings (SSSR count). The molecule has 1 N–H and O–H groups in total. The highest BCUT2D eigenvalue weighted by atomic mass is 32.2. The van der Waals surface area contributed by atoms with Gasteiger partial charge in [0, 0.05) is 29.6 Å². The number of pyridine rings is 3. The Morgan fingerprint density at radius 1 is 1.09 bits per heavy atom. The fraction of sp³-hybridized carbons (Fsp3) is 0.310. The molecule has 3 aliphatic rings. The zero-order chi connectivity index (χ0) is 30.6. The Labute approximate surface area is 250 Å². The van der Waals surface area contributed by atoms with Gasteiger partial charge in [0.2, 0.25) is 0 Å². The molecule has 0 saturated carbocycles. The van der Waals surface area contributed by atoms with Gasteiger partial charge in [-0.1, -0.05) is 0 Å². The lowest BCUT2D eigenvalue weighted by molar-refractivity contribution is -0.0263. The molecule has 0 aliphatic carbocycles. The van der Waals surface area contributed by atoms with Crippen LogP contribution in [0.5, 0.6) is 11.5 Å². The Bertz CT molecular complexity index is 1820. The van der Waals surface area contributed by atoms with Gasteiger partial charge in [-0.2, -0.15) is 0 Å². The van der Waals surface area contributed by atoms with Gasteiger partial charge in [0.25, 0.3) is 11.8 Å². The number of anilines is 3. The van der Waals surface area contributed by atoms with Gasteiger partial charge in [0.05, 0.1) is 71.6 Å². The van der Waals surface area contributed by atoms with Gasteiger partial charge in [0.1, 0.15) is 12.4 Å². The molecule has 2 atom stereocenters. The standard InChI is InChI=1S/C29H24F4N6O4S/c30-20-7-17(8-23-26(20)43-5-3-24(31)44(23)41)28(40)36-12-18-9-21-16(11-34-18)1-2-25(37-21)39-4-6-42-22-10-19(13-35-27(22)39)38-14-29(32,33)15-38/h1-2,7-11,13,24H,3-6,12,14-15H2,(H,36,40). The topological polar surface area (TPSA) is 110 Å². The molecule has 4 aromatic rings. The molecule has 0 radical (unpaired) electrons. The first kappa shape index (κ1) is 28.3. The van der Waals surface area contributed by atoms with E-state index < -0.39 is 34.0 Å². The van der Waals surface area contributed by atoms with Crippen molar-refractivity contribution in [2.24, 2.45) is 0 Å². The van der Waals surface area contributed by atoms with Crippen LogP contribution < -0.4 is 24.6 Å². The van der Waals surface area contributed by atoms with E-state index in [1.54, 1.807) is 18.3 Å². The maximum Gasteiger partial charge on any atom is 0.282 e. The van der Waals surface area contributed by atoms with Crippen molar-refractivity contribution in [3.8, 4) is 11.5 Å². The lowest BCUT2D eigenvalue weighted by Gasteiger charge is -2.40. The lowest BCUT2D eigenvalue weighted by Crippen LogP contribution is -2.56. The first-order chi connectivity index (χ1) is 21.1. The molecule has 228 valence electrons. The molecule has 1 saturated heterocycles. The molecule has 0 bridgehead atoms. The van der Waals surface area contributed by atoms with Gasteiger partial charge in [-0.3, -0.25) is 14.0 Å². The number of aromatic nitrogens is 3. The molecule has 3 aliphatic heterocycles. The summed E-state index contributed by atoms with van der Waals surface area (Å²) in [6.07, 6.45) is 3.00. The summed E-state index contributed by atoms with van der Waals surface area (Å²) in [6, 6.07) is 9.20. The summed E-state index contributed by atoms with van der Waals surface area (Å²) >= 11 is 0. The Hall–Kier alpha value is -4.53. The second-order valence-corrected chi connectivity index (χ2v) is 12.1. The number of hydrogen-bond acceptors (Lipinski definition) is 9. The molecule has 0 spiro atoms. The molecule has 1 amide bonds. The molecule has 2 unspecified atom stereocenters. The molecule has 3 aromatic heterocycles. The van der Waals surface area contributed by atoms with Crippen LogP contribution in [-0.2, 0) is 17.3 Å². The number of fused-ring (bicyclic) bond motifs is 3. The lowest BCUT2D eigenvalue weighted by atomic mass is 10.1. The number of ether oxygens (including phenoxy) is 2. The fourth-order valence-electron chi connectivity index (χ4n) is 5.23. The average molecular weight is 629 g/mol. The van der Waals surface area contributed by atoms with Crippen LogP contribution in [0.15, 0.2) is 53.7 Å². The molecular formula is C29H24F4N6O4S. The zero-order valence-electron chi connectivity index (χ0n) is 22.9. The zero-order valence-corrected chi connectivity index (χ0v) is 23.8. The van der Waals surface area contributed by atoms with E-state index in [2.05, 4.69) is 15.3 Å². The smallest absolute Gasteiger partial charge is 0.282 e. The quantitative estimate of drug-likeness (QED) is 0.324. The summed E-state index contributed by atoms with van der Waals surface area (Å²) in [4.78, 5) is 29.7. The van der Waals surface area contributed by atoms with Crippen LogP contribution in [0.2, 0.25) is 0 Å². The van der Waals surface area contributed by atoms with Gasteiger partial charge < -0.3 is 24.6 Å². The number of benzene rings is 1. The molecule has 15 heteroatoms. The predicted octanol–water partition coefficient (Wildman–Crippen LogP) is 4.27. The number of nitrogens with one attached hydrogen (secondary N) is 1. The third-order valence-corrected chi connectivity index (χ3v) is 8.93. The summed E-state index contributed by atoms with van der Waals surface area (Å²) in [6.45, 7) is -0.0605. The summed E-state index contributed by atoms with van der Waals surface area (Å²) < 4.78 is 79.0. The fourth-order valence-corrected chi connectivity index (χ4v) is 6.40. The van der Waals surface area contributed by atoms with Crippen molar-refractivity contribution >= 4 is 44.9 Å². The van der Waals surface area contributed by atoms with E-state index in [9.17, 15) is 26.6 Å². The average Bonchev–Trinajstić information content (AvgIpc) is 3.15. The maximum atomic E-state index is 14.7. The summed E-state index contributed by atoms with van der Waals surface area (Å²) in [7, 11) is -2.17. The summed E-state index contributed by atoms with van der Waals surface area (Å²) in [5.41, 5.74) is -0.237. The van der Waals surface area contributed by atoms with Crippen molar-refractivity contribution in [1.29, 1.82) is 0 Å². The molecule has 1 fully saturated rings. The predicted molar refractivity (Wildman–Crippen MR) is 152 cm³/mol. The van der Waals surface area contributed by atoms with E-state index in [0.29, 0.717) is 47.4 Å². The van der Waals surface area contributed by atoms with Gasteiger partial charge in [-0.05, 0) is 30.3 Å². The summed E-state index contributed by atoms with van der Waals surface area (Å²) in [5.74, 6) is -3.00. The SMILES string of the molecule is O=C(NCc1cc2nc(N3CCOc4cc(N5CC(F)(F)C5)cnc43)ccc2cn1)c1cc(F)c2c(c1)S(=O)C(F)CCO2. The van der Waals surface area contributed by atoms with Gasteiger partial charge in [-0.15, -0.1) is 0 Å². The highest BCUT2D eigenvalue weighted by Gasteiger charge is 2.44. The number of amides is 1. The third-order valence-electron chi connectivity index (χ3n) is 7.49. The first-order valence-corrected chi connectivity index (χ1v) is 14.9. The van der Waals surface area contributed by atoms with Gasteiger partial charge >= 0.3 is 0 Å². The normalized spacial score (nSPS) is 20.5. The van der Waals surface area contributed by atoms with Crippen LogP contribution >= 0.6 is 0 Å². The van der Waals surface area contributed by atoms with E-state index >= 15 is 0 Å². The van der Waals surface area contributed by atoms with Crippen LogP contribution in [-0.4, -0.2) is 69.3 Å². The summed E-state index contributed by atoms with van der Waals surface area (Å²) in [5, 5.41) is 3.40. The van der Waals surface area contributed by atoms with E-state index in [1.807, 2.05) is 17.0 Å².